The van der Waals surface area contributed by atoms with Crippen LogP contribution in [0.25, 0.3) is 0 Å². The van der Waals surface area contributed by atoms with Crippen LogP contribution in [-0.4, -0.2) is 31.2 Å². The molecule has 0 unspecified atom stereocenters. The molecule has 3 aromatic carbocycles. The molecule has 3 rings (SSSR count). The van der Waals surface area contributed by atoms with Crippen molar-refractivity contribution in [2.24, 2.45) is 5.10 Å². The number of nitrogens with zero attached hydrogens (tertiary/aromatic N) is 1. The van der Waals surface area contributed by atoms with Crippen LogP contribution in [0.2, 0.25) is 5.02 Å². The first-order valence-electron chi connectivity index (χ1n) is 11.0. The molecule has 182 valence electrons. The first kappa shape index (κ1) is 25.6. The van der Waals surface area contributed by atoms with Crippen molar-refractivity contribution < 1.29 is 23.8 Å². The van der Waals surface area contributed by atoms with Crippen molar-refractivity contribution in [3.05, 3.63) is 82.9 Å². The summed E-state index contributed by atoms with van der Waals surface area (Å²) in [4.78, 5) is 24.1. The van der Waals surface area contributed by atoms with Gasteiger partial charge in [0.15, 0.2) is 11.5 Å². The summed E-state index contributed by atoms with van der Waals surface area (Å²) in [5.74, 6) is 0.0142. The zero-order valence-electron chi connectivity index (χ0n) is 19.4. The van der Waals surface area contributed by atoms with E-state index in [1.165, 1.54) is 6.21 Å². The molecule has 0 radical (unpaired) electrons. The molecule has 0 fully saturated rings. The lowest BCUT2D eigenvalue weighted by Crippen LogP contribution is -2.32. The maximum Gasteiger partial charge on any atom is 0.329 e. The molecular formula is C26H26ClN3O5. The molecule has 0 aliphatic rings. The van der Waals surface area contributed by atoms with Crippen LogP contribution in [0.3, 0.4) is 0 Å². The summed E-state index contributed by atoms with van der Waals surface area (Å²) in [5, 5.41) is 7.00. The third-order valence-electron chi connectivity index (χ3n) is 4.56. The number of carbonyl (C=O) groups is 2. The highest BCUT2D eigenvalue weighted by Gasteiger charge is 2.13. The number of nitrogens with one attached hydrogen (secondary N) is 2. The Kier molecular flexibility index (Phi) is 9.50. The molecule has 0 spiro atoms. The molecule has 0 saturated carbocycles. The number of rotatable bonds is 10. The standard InChI is InChI=1S/C26H26ClN3O5/c1-3-33-22-11-9-21(10-12-22)29-25(31)26(32)30-28-16-18-8-13-23(24(15-18)34-4-2)35-17-19-6-5-7-20(27)14-19/h5-16H,3-4,17H2,1-2H3,(H,29,31)(H,30,32). The molecule has 0 aromatic heterocycles. The van der Waals surface area contributed by atoms with Crippen LogP contribution >= 0.6 is 11.6 Å². The first-order chi connectivity index (χ1) is 17.0. The fourth-order valence-corrected chi connectivity index (χ4v) is 3.20. The minimum atomic E-state index is -0.901. The van der Waals surface area contributed by atoms with Crippen LogP contribution in [0, 0.1) is 0 Å². The number of hydrazone groups is 1. The second-order valence-electron chi connectivity index (χ2n) is 7.17. The Labute approximate surface area is 208 Å². The number of benzene rings is 3. The summed E-state index contributed by atoms with van der Waals surface area (Å²) in [6.45, 7) is 5.05. The third kappa shape index (κ3) is 8.04. The number of amides is 2. The van der Waals surface area contributed by atoms with Crippen molar-refractivity contribution in [1.29, 1.82) is 0 Å². The number of ether oxygens (including phenoxy) is 3. The average molecular weight is 496 g/mol. The first-order valence-corrected chi connectivity index (χ1v) is 11.4. The molecule has 2 amide bonds. The van der Waals surface area contributed by atoms with Gasteiger partial charge in [0.25, 0.3) is 0 Å². The summed E-state index contributed by atoms with van der Waals surface area (Å²) < 4.78 is 16.9. The van der Waals surface area contributed by atoms with E-state index >= 15 is 0 Å². The SMILES string of the molecule is CCOc1ccc(NC(=O)C(=O)NN=Cc2ccc(OCc3cccc(Cl)c3)c(OCC)c2)cc1. The lowest BCUT2D eigenvalue weighted by atomic mass is 10.2. The third-order valence-corrected chi connectivity index (χ3v) is 4.80. The van der Waals surface area contributed by atoms with Crippen LogP contribution in [0.1, 0.15) is 25.0 Å². The average Bonchev–Trinajstić information content (AvgIpc) is 2.85. The number of anilines is 1. The van der Waals surface area contributed by atoms with Crippen molar-refractivity contribution in [3.63, 3.8) is 0 Å². The van der Waals surface area contributed by atoms with E-state index < -0.39 is 11.8 Å². The Morgan fingerprint density at radius 2 is 1.66 bits per heavy atom. The van der Waals surface area contributed by atoms with Gasteiger partial charge in [0.2, 0.25) is 0 Å². The van der Waals surface area contributed by atoms with E-state index in [9.17, 15) is 9.59 Å². The molecule has 0 saturated heterocycles. The van der Waals surface area contributed by atoms with Crippen molar-refractivity contribution in [3.8, 4) is 17.2 Å². The van der Waals surface area contributed by atoms with E-state index in [-0.39, 0.29) is 0 Å². The highest BCUT2D eigenvalue weighted by molar-refractivity contribution is 6.39. The van der Waals surface area contributed by atoms with Crippen molar-refractivity contribution in [2.75, 3.05) is 18.5 Å². The van der Waals surface area contributed by atoms with E-state index in [1.807, 2.05) is 32.0 Å². The summed E-state index contributed by atoms with van der Waals surface area (Å²) in [6, 6.07) is 19.3. The van der Waals surface area contributed by atoms with Crippen LogP contribution < -0.4 is 25.0 Å². The van der Waals surface area contributed by atoms with Crippen molar-refractivity contribution in [2.45, 2.75) is 20.5 Å². The van der Waals surface area contributed by atoms with E-state index in [0.717, 1.165) is 5.56 Å². The molecule has 35 heavy (non-hydrogen) atoms. The predicted molar refractivity (Wildman–Crippen MR) is 135 cm³/mol. The van der Waals surface area contributed by atoms with Gasteiger partial charge in [-0.2, -0.15) is 5.10 Å². The zero-order valence-corrected chi connectivity index (χ0v) is 20.2. The molecule has 9 heteroatoms. The van der Waals surface area contributed by atoms with Crippen LogP contribution in [-0.2, 0) is 16.2 Å². The smallest absolute Gasteiger partial charge is 0.329 e. The second-order valence-corrected chi connectivity index (χ2v) is 7.60. The molecule has 0 aliphatic carbocycles. The van der Waals surface area contributed by atoms with Gasteiger partial charge in [-0.05, 0) is 79.6 Å². The lowest BCUT2D eigenvalue weighted by molar-refractivity contribution is -0.136. The molecule has 0 bridgehead atoms. The molecule has 0 heterocycles. The van der Waals surface area contributed by atoms with Gasteiger partial charge in [-0.1, -0.05) is 23.7 Å². The Morgan fingerprint density at radius 1 is 0.886 bits per heavy atom. The van der Waals surface area contributed by atoms with Gasteiger partial charge in [0.1, 0.15) is 12.4 Å². The fourth-order valence-electron chi connectivity index (χ4n) is 2.99. The maximum atomic E-state index is 12.1. The number of carbonyl (C=O) groups excluding carboxylic acids is 2. The van der Waals surface area contributed by atoms with Gasteiger partial charge in [-0.15, -0.1) is 0 Å². The lowest BCUT2D eigenvalue weighted by Gasteiger charge is -2.12. The minimum absolute atomic E-state index is 0.327. The summed E-state index contributed by atoms with van der Waals surface area (Å²) in [6.07, 6.45) is 1.41. The van der Waals surface area contributed by atoms with E-state index in [1.54, 1.807) is 48.5 Å². The fraction of sp³-hybridized carbons (Fsp3) is 0.192. The highest BCUT2D eigenvalue weighted by Crippen LogP contribution is 2.29. The number of halogens is 1. The Bertz CT molecular complexity index is 1180. The van der Waals surface area contributed by atoms with E-state index in [0.29, 0.717) is 53.3 Å². The highest BCUT2D eigenvalue weighted by atomic mass is 35.5. The summed E-state index contributed by atoms with van der Waals surface area (Å²) >= 11 is 6.02. The largest absolute Gasteiger partial charge is 0.494 e. The Balaban J connectivity index is 1.56. The Morgan fingerprint density at radius 3 is 2.37 bits per heavy atom. The monoisotopic (exact) mass is 495 g/mol. The van der Waals surface area contributed by atoms with Crippen LogP contribution in [0.15, 0.2) is 71.8 Å². The molecule has 3 aromatic rings. The number of hydrogen-bond donors (Lipinski definition) is 2. The normalized spacial score (nSPS) is 10.6. The zero-order chi connectivity index (χ0) is 25.0. The van der Waals surface area contributed by atoms with Gasteiger partial charge in [0, 0.05) is 10.7 Å². The van der Waals surface area contributed by atoms with Gasteiger partial charge in [0.05, 0.1) is 19.4 Å². The molecule has 8 nitrogen and oxygen atoms in total. The van der Waals surface area contributed by atoms with Gasteiger partial charge in [-0.25, -0.2) is 5.43 Å². The number of hydrogen-bond acceptors (Lipinski definition) is 6. The minimum Gasteiger partial charge on any atom is -0.494 e. The summed E-state index contributed by atoms with van der Waals surface area (Å²) in [5.41, 5.74) is 4.25. The van der Waals surface area contributed by atoms with Gasteiger partial charge in [-0.3, -0.25) is 9.59 Å². The molecule has 2 N–H and O–H groups in total. The molecular weight excluding hydrogens is 470 g/mol. The predicted octanol–water partition coefficient (Wildman–Crippen LogP) is 4.81. The molecule has 0 atom stereocenters. The quantitative estimate of drug-likeness (QED) is 0.239. The second kappa shape index (κ2) is 13.0. The summed E-state index contributed by atoms with van der Waals surface area (Å²) in [7, 11) is 0. The van der Waals surface area contributed by atoms with Gasteiger partial charge >= 0.3 is 11.8 Å². The van der Waals surface area contributed by atoms with Crippen LogP contribution in [0.5, 0.6) is 17.2 Å². The van der Waals surface area contributed by atoms with E-state index in [2.05, 4.69) is 15.8 Å². The maximum absolute atomic E-state index is 12.1. The van der Waals surface area contributed by atoms with Crippen molar-refractivity contribution in [1.82, 2.24) is 5.43 Å². The molecule has 0 aliphatic heterocycles. The van der Waals surface area contributed by atoms with Crippen molar-refractivity contribution >= 4 is 35.3 Å². The van der Waals surface area contributed by atoms with Gasteiger partial charge < -0.3 is 19.5 Å². The van der Waals surface area contributed by atoms with E-state index in [4.69, 9.17) is 25.8 Å². The Hall–Kier alpha value is -4.04. The van der Waals surface area contributed by atoms with Crippen LogP contribution in [0.4, 0.5) is 5.69 Å². The topological polar surface area (TPSA) is 98.2 Å².